The van der Waals surface area contributed by atoms with Gasteiger partial charge in [-0.25, -0.2) is 14.8 Å². The Morgan fingerprint density at radius 1 is 1.26 bits per heavy atom. The van der Waals surface area contributed by atoms with E-state index in [4.69, 9.17) is 4.74 Å². The van der Waals surface area contributed by atoms with Crippen LogP contribution in [0.3, 0.4) is 0 Å². The van der Waals surface area contributed by atoms with E-state index in [0.29, 0.717) is 50.3 Å². The molecule has 1 aliphatic heterocycles. The summed E-state index contributed by atoms with van der Waals surface area (Å²) in [7, 11) is 0. The minimum Gasteiger partial charge on any atom is -0.450 e. The predicted octanol–water partition coefficient (Wildman–Crippen LogP) is 0.647. The number of carbonyl (C=O) groups excluding carboxylic acids is 2. The van der Waals surface area contributed by atoms with Gasteiger partial charge in [0.1, 0.15) is 17.8 Å². The van der Waals surface area contributed by atoms with Crippen LogP contribution in [0, 0.1) is 0 Å². The first-order chi connectivity index (χ1) is 11.2. The molecule has 23 heavy (non-hydrogen) atoms. The molecule has 124 valence electrons. The first kappa shape index (κ1) is 15.5. The van der Waals surface area contributed by atoms with Gasteiger partial charge < -0.3 is 19.9 Å². The second-order valence-electron chi connectivity index (χ2n) is 5.68. The zero-order chi connectivity index (χ0) is 16.2. The topological polar surface area (TPSA) is 87.7 Å². The monoisotopic (exact) mass is 319 g/mol. The fraction of sp³-hybridized carbons (Fsp3) is 0.600. The first-order valence-corrected chi connectivity index (χ1v) is 7.97. The second kappa shape index (κ2) is 6.80. The summed E-state index contributed by atoms with van der Waals surface area (Å²) in [5.74, 6) is 0.561. The molecule has 1 aromatic heterocycles. The Labute approximate surface area is 134 Å². The van der Waals surface area contributed by atoms with E-state index in [1.54, 1.807) is 17.9 Å². The van der Waals surface area contributed by atoms with Crippen molar-refractivity contribution in [1.82, 2.24) is 20.2 Å². The van der Waals surface area contributed by atoms with Crippen LogP contribution in [0.1, 0.15) is 30.3 Å². The molecule has 2 heterocycles. The van der Waals surface area contributed by atoms with Crippen LogP contribution in [-0.4, -0.2) is 65.7 Å². The van der Waals surface area contributed by atoms with Crippen molar-refractivity contribution in [3.63, 3.8) is 0 Å². The number of nitrogens with zero attached hydrogens (tertiary/aromatic N) is 4. The summed E-state index contributed by atoms with van der Waals surface area (Å²) in [5, 5.41) is 2.92. The smallest absolute Gasteiger partial charge is 0.409 e. The fourth-order valence-electron chi connectivity index (χ4n) is 2.46. The van der Waals surface area contributed by atoms with Gasteiger partial charge >= 0.3 is 6.09 Å². The van der Waals surface area contributed by atoms with Gasteiger partial charge in [-0.15, -0.1) is 0 Å². The zero-order valence-corrected chi connectivity index (χ0v) is 13.2. The highest BCUT2D eigenvalue weighted by molar-refractivity contribution is 5.93. The Morgan fingerprint density at radius 3 is 2.65 bits per heavy atom. The molecule has 8 nitrogen and oxygen atoms in total. The van der Waals surface area contributed by atoms with Crippen molar-refractivity contribution >= 4 is 17.8 Å². The predicted molar refractivity (Wildman–Crippen MR) is 83.3 cm³/mol. The first-order valence-electron chi connectivity index (χ1n) is 7.97. The van der Waals surface area contributed by atoms with Crippen LogP contribution in [-0.2, 0) is 4.74 Å². The van der Waals surface area contributed by atoms with E-state index in [9.17, 15) is 9.59 Å². The standard InChI is InChI=1S/C15H21N5O3/c1-2-23-15(22)20-7-5-19(6-8-20)13-9-12(16-10-17-13)14(21)18-11-3-4-11/h9-11H,2-8H2,1H3,(H,18,21). The van der Waals surface area contributed by atoms with E-state index >= 15 is 0 Å². The number of hydrogen-bond acceptors (Lipinski definition) is 6. The Bertz CT molecular complexity index is 582. The fourth-order valence-corrected chi connectivity index (χ4v) is 2.46. The molecule has 8 heteroatoms. The summed E-state index contributed by atoms with van der Waals surface area (Å²) < 4.78 is 5.01. The minimum absolute atomic E-state index is 0.152. The number of ether oxygens (including phenoxy) is 1. The van der Waals surface area contributed by atoms with Crippen molar-refractivity contribution in [2.45, 2.75) is 25.8 Å². The minimum atomic E-state index is -0.278. The molecule has 2 aliphatic rings. The summed E-state index contributed by atoms with van der Waals surface area (Å²) in [6.45, 7) is 4.63. The lowest BCUT2D eigenvalue weighted by atomic mass is 10.3. The molecule has 1 saturated carbocycles. The number of carbonyl (C=O) groups is 2. The summed E-state index contributed by atoms with van der Waals surface area (Å²) in [6, 6.07) is 2.01. The van der Waals surface area contributed by atoms with E-state index in [1.165, 1.54) is 6.33 Å². The summed E-state index contributed by atoms with van der Waals surface area (Å²) in [5.41, 5.74) is 0.384. The maximum absolute atomic E-state index is 12.1. The highest BCUT2D eigenvalue weighted by atomic mass is 16.6. The van der Waals surface area contributed by atoms with Crippen LogP contribution >= 0.6 is 0 Å². The van der Waals surface area contributed by atoms with Crippen molar-refractivity contribution in [1.29, 1.82) is 0 Å². The normalized spacial score (nSPS) is 17.8. The van der Waals surface area contributed by atoms with Crippen LogP contribution in [0.2, 0.25) is 0 Å². The molecular weight excluding hydrogens is 298 g/mol. The van der Waals surface area contributed by atoms with Crippen LogP contribution < -0.4 is 10.2 Å². The number of amides is 2. The average molecular weight is 319 g/mol. The highest BCUT2D eigenvalue weighted by Crippen LogP contribution is 2.20. The molecule has 3 rings (SSSR count). The van der Waals surface area contributed by atoms with Gasteiger partial charge in [0.2, 0.25) is 0 Å². The Kier molecular flexibility index (Phi) is 4.59. The van der Waals surface area contributed by atoms with Gasteiger partial charge in [0, 0.05) is 38.3 Å². The van der Waals surface area contributed by atoms with Gasteiger partial charge in [0.25, 0.3) is 5.91 Å². The van der Waals surface area contributed by atoms with Crippen molar-refractivity contribution in [2.24, 2.45) is 0 Å². The zero-order valence-electron chi connectivity index (χ0n) is 13.2. The van der Waals surface area contributed by atoms with E-state index in [1.807, 2.05) is 4.90 Å². The number of piperazine rings is 1. The summed E-state index contributed by atoms with van der Waals surface area (Å²) >= 11 is 0. The van der Waals surface area contributed by atoms with Gasteiger partial charge in [-0.2, -0.15) is 0 Å². The third-order valence-corrected chi connectivity index (χ3v) is 3.93. The molecule has 1 aromatic rings. The SMILES string of the molecule is CCOC(=O)N1CCN(c2cc(C(=O)NC3CC3)ncn2)CC1. The molecule has 1 saturated heterocycles. The van der Waals surface area contributed by atoms with Crippen LogP contribution in [0.15, 0.2) is 12.4 Å². The number of anilines is 1. The van der Waals surface area contributed by atoms with E-state index in [-0.39, 0.29) is 12.0 Å². The van der Waals surface area contributed by atoms with Gasteiger partial charge in [-0.3, -0.25) is 4.79 Å². The second-order valence-corrected chi connectivity index (χ2v) is 5.68. The Hall–Kier alpha value is -2.38. The molecule has 0 atom stereocenters. The number of aromatic nitrogens is 2. The molecule has 2 fully saturated rings. The number of hydrogen-bond donors (Lipinski definition) is 1. The van der Waals surface area contributed by atoms with Crippen molar-refractivity contribution in [3.05, 3.63) is 18.1 Å². The van der Waals surface area contributed by atoms with Gasteiger partial charge in [0.05, 0.1) is 6.61 Å². The molecule has 0 bridgehead atoms. The lowest BCUT2D eigenvalue weighted by molar-refractivity contribution is 0.0945. The van der Waals surface area contributed by atoms with Gasteiger partial charge in [-0.1, -0.05) is 0 Å². The molecule has 1 N–H and O–H groups in total. The molecule has 0 aromatic carbocycles. The third-order valence-electron chi connectivity index (χ3n) is 3.93. The van der Waals surface area contributed by atoms with Crippen LogP contribution in [0.4, 0.5) is 10.6 Å². The van der Waals surface area contributed by atoms with Gasteiger partial charge in [0.15, 0.2) is 0 Å². The Balaban J connectivity index is 1.59. The van der Waals surface area contributed by atoms with Crippen LogP contribution in [0.5, 0.6) is 0 Å². The van der Waals surface area contributed by atoms with Gasteiger partial charge in [-0.05, 0) is 19.8 Å². The maximum atomic E-state index is 12.1. The highest BCUT2D eigenvalue weighted by Gasteiger charge is 2.26. The lowest BCUT2D eigenvalue weighted by Gasteiger charge is -2.34. The van der Waals surface area contributed by atoms with E-state index in [0.717, 1.165) is 12.8 Å². The van der Waals surface area contributed by atoms with E-state index in [2.05, 4.69) is 15.3 Å². The van der Waals surface area contributed by atoms with Crippen molar-refractivity contribution in [2.75, 3.05) is 37.7 Å². The molecule has 0 spiro atoms. The third kappa shape index (κ3) is 3.88. The summed E-state index contributed by atoms with van der Waals surface area (Å²) in [6.07, 6.45) is 3.22. The van der Waals surface area contributed by atoms with E-state index < -0.39 is 0 Å². The quantitative estimate of drug-likeness (QED) is 0.876. The summed E-state index contributed by atoms with van der Waals surface area (Å²) in [4.78, 5) is 35.8. The molecule has 2 amide bonds. The molecule has 1 aliphatic carbocycles. The van der Waals surface area contributed by atoms with Crippen molar-refractivity contribution in [3.8, 4) is 0 Å². The molecule has 0 unspecified atom stereocenters. The maximum Gasteiger partial charge on any atom is 0.409 e. The number of rotatable bonds is 4. The average Bonchev–Trinajstić information content (AvgIpc) is 3.39. The molecule has 0 radical (unpaired) electrons. The molecular formula is C15H21N5O3. The largest absolute Gasteiger partial charge is 0.450 e. The Morgan fingerprint density at radius 2 is 2.00 bits per heavy atom. The lowest BCUT2D eigenvalue weighted by Crippen LogP contribution is -2.49. The van der Waals surface area contributed by atoms with Crippen LogP contribution in [0.25, 0.3) is 0 Å². The number of nitrogens with one attached hydrogen (secondary N) is 1. The van der Waals surface area contributed by atoms with Crippen molar-refractivity contribution < 1.29 is 14.3 Å².